The molecule has 4 saturated carbocycles. The Balaban J connectivity index is 1.56. The lowest BCUT2D eigenvalue weighted by Gasteiger charge is -2.61. The molecule has 0 radical (unpaired) electrons. The van der Waals surface area contributed by atoms with Crippen LogP contribution in [0.15, 0.2) is 0 Å². The zero-order valence-corrected chi connectivity index (χ0v) is 17.2. The summed E-state index contributed by atoms with van der Waals surface area (Å²) in [5.74, 6) is 4.62. The van der Waals surface area contributed by atoms with Crippen molar-refractivity contribution in [2.75, 3.05) is 0 Å². The van der Waals surface area contributed by atoms with E-state index in [-0.39, 0.29) is 5.92 Å². The van der Waals surface area contributed by atoms with Gasteiger partial charge in [-0.3, -0.25) is 0 Å². The van der Waals surface area contributed by atoms with Crippen LogP contribution in [0.25, 0.3) is 0 Å². The molecule has 1 N–H and O–H groups in total. The molecule has 0 spiro atoms. The molecule has 0 aromatic heterocycles. The van der Waals surface area contributed by atoms with E-state index in [1.807, 2.05) is 0 Å². The van der Waals surface area contributed by atoms with E-state index in [2.05, 4.69) is 26.8 Å². The Morgan fingerprint density at radius 2 is 1.73 bits per heavy atom. The molecule has 4 rings (SSSR count). The number of nitriles is 1. The molecule has 0 aliphatic heterocycles. The van der Waals surface area contributed by atoms with E-state index >= 15 is 0 Å². The highest BCUT2D eigenvalue weighted by Crippen LogP contribution is 2.68. The molecule has 4 fully saturated rings. The highest BCUT2D eigenvalue weighted by molar-refractivity contribution is 5.09. The first-order valence-corrected chi connectivity index (χ1v) is 11.5. The zero-order chi connectivity index (χ0) is 18.5. The smallest absolute Gasteiger partial charge is 0.0698 e. The Morgan fingerprint density at radius 1 is 0.962 bits per heavy atom. The lowest BCUT2D eigenvalue weighted by molar-refractivity contribution is -0.118. The average molecular weight is 358 g/mol. The minimum Gasteiger partial charge on any atom is -0.392 e. The predicted molar refractivity (Wildman–Crippen MR) is 105 cm³/mol. The van der Waals surface area contributed by atoms with E-state index in [4.69, 9.17) is 5.26 Å². The van der Waals surface area contributed by atoms with Gasteiger partial charge in [-0.05, 0) is 97.7 Å². The van der Waals surface area contributed by atoms with E-state index in [1.165, 1.54) is 64.2 Å². The van der Waals surface area contributed by atoms with Crippen LogP contribution in [0.4, 0.5) is 0 Å². The van der Waals surface area contributed by atoms with Crippen LogP contribution in [0.1, 0.15) is 91.4 Å². The summed E-state index contributed by atoms with van der Waals surface area (Å²) >= 11 is 0. The zero-order valence-electron chi connectivity index (χ0n) is 17.2. The number of nitrogens with zero attached hydrogens (tertiary/aromatic N) is 1. The third-order valence-electron chi connectivity index (χ3n) is 10.2. The van der Waals surface area contributed by atoms with Gasteiger partial charge in [0, 0.05) is 0 Å². The number of aliphatic hydroxyl groups excluding tert-OH is 1. The van der Waals surface area contributed by atoms with E-state index in [1.54, 1.807) is 0 Å². The summed E-state index contributed by atoms with van der Waals surface area (Å²) < 4.78 is 0. The first kappa shape index (κ1) is 18.8. The molecule has 0 aromatic carbocycles. The van der Waals surface area contributed by atoms with Crippen LogP contribution in [-0.2, 0) is 0 Å². The Labute approximate surface area is 160 Å². The van der Waals surface area contributed by atoms with Crippen molar-refractivity contribution >= 4 is 0 Å². The van der Waals surface area contributed by atoms with Gasteiger partial charge < -0.3 is 5.11 Å². The maximum Gasteiger partial charge on any atom is 0.0698 e. The average Bonchev–Trinajstić information content (AvgIpc) is 2.98. The largest absolute Gasteiger partial charge is 0.392 e. The normalized spacial score (nSPS) is 50.0. The highest BCUT2D eigenvalue weighted by Gasteiger charge is 2.60. The minimum absolute atomic E-state index is 0.266. The Kier molecular flexibility index (Phi) is 4.92. The third kappa shape index (κ3) is 2.68. The molecular weight excluding hydrogens is 318 g/mol. The fraction of sp³-hybridized carbons (Fsp3) is 0.958. The molecule has 26 heavy (non-hydrogen) atoms. The molecule has 4 aliphatic carbocycles. The predicted octanol–water partition coefficient (Wildman–Crippen LogP) is 5.95. The van der Waals surface area contributed by atoms with Crippen LogP contribution in [0.2, 0.25) is 0 Å². The fourth-order valence-corrected chi connectivity index (χ4v) is 8.75. The summed E-state index contributed by atoms with van der Waals surface area (Å²) in [5, 5.41) is 19.5. The van der Waals surface area contributed by atoms with Gasteiger partial charge in [0.2, 0.25) is 0 Å². The number of hydrogen-bond donors (Lipinski definition) is 1. The van der Waals surface area contributed by atoms with Crippen molar-refractivity contribution in [3.63, 3.8) is 0 Å². The van der Waals surface area contributed by atoms with Crippen molar-refractivity contribution < 1.29 is 5.11 Å². The number of hydrogen-bond acceptors (Lipinski definition) is 2. The molecular formula is C24H39NO. The molecule has 4 aliphatic rings. The van der Waals surface area contributed by atoms with Crippen LogP contribution in [0.5, 0.6) is 0 Å². The second-order valence-electron chi connectivity index (χ2n) is 10.9. The van der Waals surface area contributed by atoms with E-state index in [0.717, 1.165) is 23.7 Å². The lowest BCUT2D eigenvalue weighted by atomic mass is 9.44. The van der Waals surface area contributed by atoms with Crippen LogP contribution in [-0.4, -0.2) is 11.2 Å². The van der Waals surface area contributed by atoms with Crippen LogP contribution in [0.3, 0.4) is 0 Å². The molecule has 0 aromatic rings. The summed E-state index contributed by atoms with van der Waals surface area (Å²) in [6, 6.07) is 2.19. The standard InChI is InChI=1S/C24H39NO/c1-16(22(26)12-15-25)19-9-10-20-18-8-7-17-6-4-5-13-23(17,2)21(18)11-14-24(19,20)3/h16-22,26H,4-14H2,1-3H3/t16-,17?,18-,19+,20-,21-,22-,23-,24+/m0/s1. The molecule has 2 nitrogen and oxygen atoms in total. The van der Waals surface area contributed by atoms with Crippen LogP contribution in [0, 0.1) is 57.7 Å². The molecule has 0 saturated heterocycles. The van der Waals surface area contributed by atoms with Crippen molar-refractivity contribution in [1.82, 2.24) is 0 Å². The molecule has 9 atom stereocenters. The van der Waals surface area contributed by atoms with Gasteiger partial charge in [-0.1, -0.05) is 33.6 Å². The maximum absolute atomic E-state index is 10.5. The third-order valence-corrected chi connectivity index (χ3v) is 10.2. The second-order valence-corrected chi connectivity index (χ2v) is 10.9. The molecule has 1 unspecified atom stereocenters. The molecule has 2 heteroatoms. The summed E-state index contributed by atoms with van der Waals surface area (Å²) in [4.78, 5) is 0. The van der Waals surface area contributed by atoms with E-state index in [9.17, 15) is 5.11 Å². The van der Waals surface area contributed by atoms with Gasteiger partial charge in [0.1, 0.15) is 0 Å². The van der Waals surface area contributed by atoms with Crippen LogP contribution < -0.4 is 0 Å². The fourth-order valence-electron chi connectivity index (χ4n) is 8.75. The van der Waals surface area contributed by atoms with Gasteiger partial charge in [0.15, 0.2) is 0 Å². The van der Waals surface area contributed by atoms with Gasteiger partial charge in [0.05, 0.1) is 18.6 Å². The monoisotopic (exact) mass is 357 g/mol. The Morgan fingerprint density at radius 3 is 2.50 bits per heavy atom. The molecule has 146 valence electrons. The molecule has 0 amide bonds. The number of aliphatic hydroxyl groups is 1. The minimum atomic E-state index is -0.440. The van der Waals surface area contributed by atoms with Gasteiger partial charge in [-0.25, -0.2) is 0 Å². The molecule has 0 bridgehead atoms. The SMILES string of the molecule is C[C@@H]([C@H]1CC[C@H]2[C@@H]3CCC4CCCC[C@]4(C)[C@H]3CC[C@]12C)[C@@H](O)CC#N. The lowest BCUT2D eigenvalue weighted by Crippen LogP contribution is -2.53. The van der Waals surface area contributed by atoms with E-state index < -0.39 is 6.10 Å². The number of fused-ring (bicyclic) bond motifs is 5. The summed E-state index contributed by atoms with van der Waals surface area (Å²) in [7, 11) is 0. The van der Waals surface area contributed by atoms with Crippen molar-refractivity contribution in [2.45, 2.75) is 97.5 Å². The first-order chi connectivity index (χ1) is 12.4. The van der Waals surface area contributed by atoms with Gasteiger partial charge in [0.25, 0.3) is 0 Å². The van der Waals surface area contributed by atoms with Crippen LogP contribution >= 0.6 is 0 Å². The number of rotatable bonds is 3. The van der Waals surface area contributed by atoms with Gasteiger partial charge in [-0.15, -0.1) is 0 Å². The topological polar surface area (TPSA) is 44.0 Å². The summed E-state index contributed by atoms with van der Waals surface area (Å²) in [5.41, 5.74) is 1.02. The van der Waals surface area contributed by atoms with E-state index in [0.29, 0.717) is 23.2 Å². The summed E-state index contributed by atoms with van der Waals surface area (Å²) in [6.07, 6.45) is 14.1. The quantitative estimate of drug-likeness (QED) is 0.678. The highest BCUT2D eigenvalue weighted by atomic mass is 16.3. The first-order valence-electron chi connectivity index (χ1n) is 11.5. The van der Waals surface area contributed by atoms with Crippen molar-refractivity contribution in [1.29, 1.82) is 5.26 Å². The van der Waals surface area contributed by atoms with Gasteiger partial charge >= 0.3 is 0 Å². The maximum atomic E-state index is 10.5. The van der Waals surface area contributed by atoms with Crippen molar-refractivity contribution in [2.24, 2.45) is 46.3 Å². The van der Waals surface area contributed by atoms with Gasteiger partial charge in [-0.2, -0.15) is 5.26 Å². The second kappa shape index (κ2) is 6.80. The molecule has 0 heterocycles. The summed E-state index contributed by atoms with van der Waals surface area (Å²) in [6.45, 7) is 7.42. The van der Waals surface area contributed by atoms with Crippen molar-refractivity contribution in [3.05, 3.63) is 0 Å². The Bertz CT molecular complexity index is 567. The van der Waals surface area contributed by atoms with Crippen molar-refractivity contribution in [3.8, 4) is 6.07 Å². The Hall–Kier alpha value is -0.550.